The number of hydrogen-bond acceptors (Lipinski definition) is 8. The van der Waals surface area contributed by atoms with E-state index in [0.29, 0.717) is 34.3 Å². The molecule has 25 heavy (non-hydrogen) atoms. The van der Waals surface area contributed by atoms with E-state index in [1.807, 2.05) is 12.1 Å². The molecule has 8 nitrogen and oxygen atoms in total. The molecule has 0 fully saturated rings. The first kappa shape index (κ1) is 16.4. The van der Waals surface area contributed by atoms with Crippen molar-refractivity contribution in [3.8, 4) is 39.9 Å². The second kappa shape index (κ2) is 7.00. The van der Waals surface area contributed by atoms with Crippen LogP contribution in [0.2, 0.25) is 0 Å². The van der Waals surface area contributed by atoms with Crippen molar-refractivity contribution in [3.63, 3.8) is 0 Å². The van der Waals surface area contributed by atoms with Gasteiger partial charge in [-0.1, -0.05) is 0 Å². The van der Waals surface area contributed by atoms with Crippen molar-refractivity contribution >= 4 is 5.95 Å². The maximum atomic E-state index is 5.78. The predicted molar refractivity (Wildman–Crippen MR) is 92.6 cm³/mol. The van der Waals surface area contributed by atoms with Crippen LogP contribution in [0.15, 0.2) is 36.5 Å². The second-order valence-electron chi connectivity index (χ2n) is 5.02. The summed E-state index contributed by atoms with van der Waals surface area (Å²) < 4.78 is 15.7. The van der Waals surface area contributed by atoms with Gasteiger partial charge in [-0.05, 0) is 24.3 Å². The van der Waals surface area contributed by atoms with Gasteiger partial charge in [-0.25, -0.2) is 9.97 Å². The minimum absolute atomic E-state index is 0.162. The summed E-state index contributed by atoms with van der Waals surface area (Å²) in [5.74, 6) is 1.80. The lowest BCUT2D eigenvalue weighted by molar-refractivity contribution is 0.355. The van der Waals surface area contributed by atoms with Crippen molar-refractivity contribution in [1.29, 1.82) is 0 Å². The summed E-state index contributed by atoms with van der Waals surface area (Å²) in [4.78, 5) is 8.44. The van der Waals surface area contributed by atoms with E-state index >= 15 is 0 Å². The van der Waals surface area contributed by atoms with Crippen molar-refractivity contribution < 1.29 is 14.2 Å². The summed E-state index contributed by atoms with van der Waals surface area (Å²) in [6.45, 7) is 0. The fourth-order valence-corrected chi connectivity index (χ4v) is 2.36. The molecule has 0 amide bonds. The largest absolute Gasteiger partial charge is 0.493 e. The van der Waals surface area contributed by atoms with Crippen molar-refractivity contribution in [2.75, 3.05) is 27.1 Å². The number of ether oxygens (including phenoxy) is 3. The Balaban J connectivity index is 2.14. The summed E-state index contributed by atoms with van der Waals surface area (Å²) in [6.07, 6.45) is 1.62. The van der Waals surface area contributed by atoms with Crippen LogP contribution in [0.5, 0.6) is 17.4 Å². The normalized spacial score (nSPS) is 10.4. The van der Waals surface area contributed by atoms with Gasteiger partial charge in [-0.2, -0.15) is 0 Å². The quantitative estimate of drug-likeness (QED) is 0.754. The second-order valence-corrected chi connectivity index (χ2v) is 5.02. The van der Waals surface area contributed by atoms with Gasteiger partial charge in [0.05, 0.1) is 32.7 Å². The Morgan fingerprint density at radius 1 is 0.880 bits per heavy atom. The Hall–Kier alpha value is -3.42. The lowest BCUT2D eigenvalue weighted by atomic mass is 10.0. The van der Waals surface area contributed by atoms with Crippen LogP contribution in [0.1, 0.15) is 0 Å². The van der Waals surface area contributed by atoms with Crippen LogP contribution in [-0.4, -0.2) is 41.5 Å². The van der Waals surface area contributed by atoms with Crippen LogP contribution in [0, 0.1) is 0 Å². The molecule has 128 valence electrons. The van der Waals surface area contributed by atoms with E-state index in [9.17, 15) is 0 Å². The molecule has 0 aliphatic rings. The molecule has 2 heterocycles. The van der Waals surface area contributed by atoms with Crippen LogP contribution in [-0.2, 0) is 0 Å². The van der Waals surface area contributed by atoms with Crippen molar-refractivity contribution in [2.24, 2.45) is 0 Å². The van der Waals surface area contributed by atoms with Crippen LogP contribution < -0.4 is 19.9 Å². The lowest BCUT2D eigenvalue weighted by Gasteiger charge is -2.12. The summed E-state index contributed by atoms with van der Waals surface area (Å²) in [5, 5.41) is 8.15. The number of hydrogen-bond donors (Lipinski definition) is 1. The number of nitrogens with two attached hydrogens (primary N) is 1. The smallest absolute Gasteiger partial charge is 0.233 e. The molecule has 0 spiro atoms. The first-order valence-corrected chi connectivity index (χ1v) is 7.39. The van der Waals surface area contributed by atoms with Gasteiger partial charge < -0.3 is 19.9 Å². The molecule has 0 radical (unpaired) electrons. The third-order valence-electron chi connectivity index (χ3n) is 3.59. The van der Waals surface area contributed by atoms with Gasteiger partial charge in [0.15, 0.2) is 11.5 Å². The Kier molecular flexibility index (Phi) is 4.60. The van der Waals surface area contributed by atoms with E-state index < -0.39 is 0 Å². The summed E-state index contributed by atoms with van der Waals surface area (Å²) in [6, 6.07) is 8.99. The molecule has 0 aliphatic carbocycles. The molecule has 8 heteroatoms. The molecule has 1 aromatic carbocycles. The highest BCUT2D eigenvalue weighted by Crippen LogP contribution is 2.35. The molecule has 3 aromatic rings. The highest BCUT2D eigenvalue weighted by atomic mass is 16.5. The third-order valence-corrected chi connectivity index (χ3v) is 3.59. The Morgan fingerprint density at radius 2 is 1.68 bits per heavy atom. The number of aromatic nitrogens is 4. The molecule has 0 aliphatic heterocycles. The monoisotopic (exact) mass is 339 g/mol. The van der Waals surface area contributed by atoms with E-state index in [-0.39, 0.29) is 5.95 Å². The average Bonchev–Trinajstić information content (AvgIpc) is 2.67. The van der Waals surface area contributed by atoms with Gasteiger partial charge in [0, 0.05) is 23.4 Å². The zero-order valence-corrected chi connectivity index (χ0v) is 14.1. The van der Waals surface area contributed by atoms with E-state index in [2.05, 4.69) is 20.2 Å². The van der Waals surface area contributed by atoms with Gasteiger partial charge in [-0.15, -0.1) is 10.2 Å². The fraction of sp³-hybridized carbons (Fsp3) is 0.176. The summed E-state index contributed by atoms with van der Waals surface area (Å²) >= 11 is 0. The lowest BCUT2D eigenvalue weighted by Crippen LogP contribution is -2.01. The van der Waals surface area contributed by atoms with Crippen LogP contribution >= 0.6 is 0 Å². The number of methoxy groups -OCH3 is 3. The molecule has 0 unspecified atom stereocenters. The minimum Gasteiger partial charge on any atom is -0.493 e. The average molecular weight is 339 g/mol. The highest BCUT2D eigenvalue weighted by Gasteiger charge is 2.15. The summed E-state index contributed by atoms with van der Waals surface area (Å²) in [7, 11) is 4.69. The van der Waals surface area contributed by atoms with Crippen LogP contribution in [0.25, 0.3) is 22.5 Å². The molecular weight excluding hydrogens is 322 g/mol. The summed E-state index contributed by atoms with van der Waals surface area (Å²) in [5.41, 5.74) is 8.48. The molecule has 2 aromatic heterocycles. The van der Waals surface area contributed by atoms with E-state index in [1.165, 1.54) is 7.11 Å². The van der Waals surface area contributed by atoms with Gasteiger partial charge >= 0.3 is 0 Å². The molecule has 0 atom stereocenters. The molecule has 2 N–H and O–H groups in total. The SMILES string of the molecule is COc1ccc(-c2cnc(N)nc2-c2ccc(OC)c(OC)c2)nn1. The third kappa shape index (κ3) is 3.27. The van der Waals surface area contributed by atoms with Crippen LogP contribution in [0.4, 0.5) is 5.95 Å². The standard InChI is InChI=1S/C17H17N5O3/c1-23-13-6-4-10(8-14(13)24-2)16-11(9-19-17(18)20-16)12-5-7-15(25-3)22-21-12/h4-9H,1-3H3,(H2,18,19,20). The minimum atomic E-state index is 0.162. The van der Waals surface area contributed by atoms with Crippen molar-refractivity contribution in [1.82, 2.24) is 20.2 Å². The fourth-order valence-electron chi connectivity index (χ4n) is 2.36. The zero-order valence-electron chi connectivity index (χ0n) is 14.1. The van der Waals surface area contributed by atoms with E-state index in [0.717, 1.165) is 5.56 Å². The van der Waals surface area contributed by atoms with Crippen molar-refractivity contribution in [2.45, 2.75) is 0 Å². The number of nitrogen functional groups attached to an aromatic ring is 1. The predicted octanol–water partition coefficient (Wildman–Crippen LogP) is 2.21. The van der Waals surface area contributed by atoms with E-state index in [1.54, 1.807) is 38.6 Å². The number of nitrogens with zero attached hydrogens (tertiary/aromatic N) is 4. The van der Waals surface area contributed by atoms with Gasteiger partial charge in [0.1, 0.15) is 0 Å². The number of anilines is 1. The molecular formula is C17H17N5O3. The first-order chi connectivity index (χ1) is 12.2. The molecule has 3 rings (SSSR count). The Bertz CT molecular complexity index is 884. The highest BCUT2D eigenvalue weighted by molar-refractivity contribution is 5.80. The first-order valence-electron chi connectivity index (χ1n) is 7.39. The Morgan fingerprint density at radius 3 is 2.32 bits per heavy atom. The van der Waals surface area contributed by atoms with E-state index in [4.69, 9.17) is 19.9 Å². The topological polar surface area (TPSA) is 105 Å². The zero-order chi connectivity index (χ0) is 17.8. The molecule has 0 bridgehead atoms. The van der Waals surface area contributed by atoms with Crippen molar-refractivity contribution in [3.05, 3.63) is 36.5 Å². The molecule has 0 saturated carbocycles. The number of benzene rings is 1. The van der Waals surface area contributed by atoms with Gasteiger partial charge in [-0.3, -0.25) is 0 Å². The van der Waals surface area contributed by atoms with Crippen LogP contribution in [0.3, 0.4) is 0 Å². The maximum Gasteiger partial charge on any atom is 0.233 e. The molecule has 0 saturated heterocycles. The maximum absolute atomic E-state index is 5.78. The van der Waals surface area contributed by atoms with Gasteiger partial charge in [0.25, 0.3) is 0 Å². The Labute approximate surface area is 144 Å². The number of rotatable bonds is 5. The van der Waals surface area contributed by atoms with Gasteiger partial charge in [0.2, 0.25) is 11.8 Å².